The molecule has 0 spiro atoms. The third-order valence-electron chi connectivity index (χ3n) is 1.70. The summed E-state index contributed by atoms with van der Waals surface area (Å²) in [6.45, 7) is 12.7. The van der Waals surface area contributed by atoms with Gasteiger partial charge in [-0.1, -0.05) is 26.8 Å². The molecule has 10 heavy (non-hydrogen) atoms. The molecule has 0 aromatic heterocycles. The maximum Gasteiger partial charge on any atom is 0.0198 e. The Labute approximate surface area is 69.1 Å². The molecule has 0 amide bonds. The molecule has 0 aliphatic carbocycles. The van der Waals surface area contributed by atoms with Crippen LogP contribution in [0.1, 0.15) is 27.7 Å². The Morgan fingerprint density at radius 1 is 1.20 bits per heavy atom. The van der Waals surface area contributed by atoms with Crippen molar-refractivity contribution in [3.63, 3.8) is 0 Å². The first-order valence-corrected chi connectivity index (χ1v) is 4.80. The van der Waals surface area contributed by atoms with E-state index in [1.807, 2.05) is 17.8 Å². The second kappa shape index (κ2) is 4.84. The fourth-order valence-corrected chi connectivity index (χ4v) is 1.65. The Kier molecular flexibility index (Phi) is 4.88. The third kappa shape index (κ3) is 3.99. The molecule has 2 unspecified atom stereocenters. The monoisotopic (exact) mass is 158 g/mol. The highest BCUT2D eigenvalue weighted by atomic mass is 32.2. The summed E-state index contributed by atoms with van der Waals surface area (Å²) in [5.41, 5.74) is 0. The van der Waals surface area contributed by atoms with Gasteiger partial charge in [-0.15, -0.1) is 6.58 Å². The molecule has 0 aliphatic rings. The Morgan fingerprint density at radius 2 is 1.70 bits per heavy atom. The molecule has 60 valence electrons. The van der Waals surface area contributed by atoms with E-state index in [9.17, 15) is 0 Å². The first-order valence-electron chi connectivity index (χ1n) is 3.86. The van der Waals surface area contributed by atoms with Crippen LogP contribution in [0.3, 0.4) is 0 Å². The lowest BCUT2D eigenvalue weighted by molar-refractivity contribution is 0.641. The van der Waals surface area contributed by atoms with E-state index in [0.717, 1.165) is 11.2 Å². The SMILES string of the molecule is C=CC(C)SC(C)C(C)C. The molecule has 0 nitrogen and oxygen atoms in total. The minimum Gasteiger partial charge on any atom is -0.151 e. The zero-order chi connectivity index (χ0) is 8.15. The molecule has 2 atom stereocenters. The lowest BCUT2D eigenvalue weighted by Crippen LogP contribution is -2.09. The molecule has 0 N–H and O–H groups in total. The van der Waals surface area contributed by atoms with Crippen molar-refractivity contribution in [2.75, 3.05) is 0 Å². The smallest absolute Gasteiger partial charge is 0.0198 e. The van der Waals surface area contributed by atoms with Crippen LogP contribution in [-0.4, -0.2) is 10.5 Å². The summed E-state index contributed by atoms with van der Waals surface area (Å²) in [6, 6.07) is 0. The van der Waals surface area contributed by atoms with Gasteiger partial charge >= 0.3 is 0 Å². The highest BCUT2D eigenvalue weighted by molar-refractivity contribution is 8.00. The first kappa shape index (κ1) is 10.1. The zero-order valence-corrected chi connectivity index (χ0v) is 8.24. The van der Waals surface area contributed by atoms with Gasteiger partial charge in [0.15, 0.2) is 0 Å². The number of thioether (sulfide) groups is 1. The number of hydrogen-bond donors (Lipinski definition) is 0. The van der Waals surface area contributed by atoms with Crippen molar-refractivity contribution in [1.29, 1.82) is 0 Å². The lowest BCUT2D eigenvalue weighted by atomic mass is 10.2. The van der Waals surface area contributed by atoms with Gasteiger partial charge in [-0.05, 0) is 12.8 Å². The molecule has 0 rings (SSSR count). The van der Waals surface area contributed by atoms with Crippen LogP contribution in [0.4, 0.5) is 0 Å². The van der Waals surface area contributed by atoms with E-state index >= 15 is 0 Å². The summed E-state index contributed by atoms with van der Waals surface area (Å²) in [5.74, 6) is 0.771. The molecule has 0 bridgehead atoms. The van der Waals surface area contributed by atoms with E-state index in [4.69, 9.17) is 0 Å². The minimum atomic E-state index is 0.595. The van der Waals surface area contributed by atoms with Crippen molar-refractivity contribution in [3.05, 3.63) is 12.7 Å². The molecular formula is C9H18S. The third-order valence-corrected chi connectivity index (χ3v) is 3.30. The summed E-state index contributed by atoms with van der Waals surface area (Å²) >= 11 is 1.99. The van der Waals surface area contributed by atoms with Crippen LogP contribution in [0, 0.1) is 5.92 Å². The predicted octanol–water partition coefficient (Wildman–Crippen LogP) is 3.34. The van der Waals surface area contributed by atoms with Crippen molar-refractivity contribution < 1.29 is 0 Å². The maximum absolute atomic E-state index is 3.75. The topological polar surface area (TPSA) is 0 Å². The Morgan fingerprint density at radius 3 is 2.00 bits per heavy atom. The van der Waals surface area contributed by atoms with Gasteiger partial charge in [-0.25, -0.2) is 0 Å². The highest BCUT2D eigenvalue weighted by Crippen LogP contribution is 2.23. The standard InChI is InChI=1S/C9H18S/c1-6-8(4)10-9(5)7(2)3/h6-9H,1H2,2-5H3. The predicted molar refractivity (Wildman–Crippen MR) is 51.6 cm³/mol. The largest absolute Gasteiger partial charge is 0.151 e. The van der Waals surface area contributed by atoms with Gasteiger partial charge in [0.05, 0.1) is 0 Å². The molecule has 0 radical (unpaired) electrons. The summed E-state index contributed by atoms with van der Waals surface area (Å²) in [6.07, 6.45) is 2.00. The molecule has 0 aromatic rings. The van der Waals surface area contributed by atoms with Crippen LogP contribution in [0.15, 0.2) is 12.7 Å². The van der Waals surface area contributed by atoms with Crippen molar-refractivity contribution in [1.82, 2.24) is 0 Å². The van der Waals surface area contributed by atoms with Crippen molar-refractivity contribution >= 4 is 11.8 Å². The van der Waals surface area contributed by atoms with Gasteiger partial charge in [-0.3, -0.25) is 0 Å². The van der Waals surface area contributed by atoms with E-state index in [0.29, 0.717) is 5.25 Å². The minimum absolute atomic E-state index is 0.595. The maximum atomic E-state index is 3.75. The number of hydrogen-bond acceptors (Lipinski definition) is 1. The molecule has 1 heteroatoms. The van der Waals surface area contributed by atoms with Crippen molar-refractivity contribution in [2.45, 2.75) is 38.2 Å². The lowest BCUT2D eigenvalue weighted by Gasteiger charge is -2.17. The Bertz CT molecular complexity index is 96.9. The second-order valence-electron chi connectivity index (χ2n) is 3.03. The summed E-state index contributed by atoms with van der Waals surface area (Å²) in [5, 5.41) is 1.34. The van der Waals surface area contributed by atoms with Gasteiger partial charge in [0.2, 0.25) is 0 Å². The molecule has 0 aromatic carbocycles. The van der Waals surface area contributed by atoms with Crippen LogP contribution < -0.4 is 0 Å². The van der Waals surface area contributed by atoms with Crippen LogP contribution in [0.25, 0.3) is 0 Å². The number of rotatable bonds is 4. The van der Waals surface area contributed by atoms with Crippen LogP contribution in [0.5, 0.6) is 0 Å². The van der Waals surface area contributed by atoms with Crippen LogP contribution in [-0.2, 0) is 0 Å². The fourth-order valence-electron chi connectivity index (χ4n) is 0.551. The van der Waals surface area contributed by atoms with Gasteiger partial charge in [0.1, 0.15) is 0 Å². The average Bonchev–Trinajstić information content (AvgIpc) is 1.87. The van der Waals surface area contributed by atoms with E-state index < -0.39 is 0 Å². The molecule has 0 saturated carbocycles. The highest BCUT2D eigenvalue weighted by Gasteiger charge is 2.09. The van der Waals surface area contributed by atoms with Crippen molar-refractivity contribution in [2.24, 2.45) is 5.92 Å². The van der Waals surface area contributed by atoms with Crippen LogP contribution >= 0.6 is 11.8 Å². The second-order valence-corrected chi connectivity index (χ2v) is 4.79. The normalized spacial score (nSPS) is 16.9. The van der Waals surface area contributed by atoms with Gasteiger partial charge in [-0.2, -0.15) is 11.8 Å². The van der Waals surface area contributed by atoms with Crippen LogP contribution in [0.2, 0.25) is 0 Å². The fraction of sp³-hybridized carbons (Fsp3) is 0.778. The molecule has 0 saturated heterocycles. The summed E-state index contributed by atoms with van der Waals surface area (Å²) in [7, 11) is 0. The molecular weight excluding hydrogens is 140 g/mol. The quantitative estimate of drug-likeness (QED) is 0.565. The van der Waals surface area contributed by atoms with E-state index in [-0.39, 0.29) is 0 Å². The first-order chi connectivity index (χ1) is 4.57. The average molecular weight is 158 g/mol. The Balaban J connectivity index is 3.56. The van der Waals surface area contributed by atoms with E-state index in [1.165, 1.54) is 0 Å². The van der Waals surface area contributed by atoms with Crippen molar-refractivity contribution in [3.8, 4) is 0 Å². The molecule has 0 aliphatic heterocycles. The zero-order valence-electron chi connectivity index (χ0n) is 7.42. The summed E-state index contributed by atoms with van der Waals surface area (Å²) < 4.78 is 0. The van der Waals surface area contributed by atoms with E-state index in [1.54, 1.807) is 0 Å². The van der Waals surface area contributed by atoms with Gasteiger partial charge in [0.25, 0.3) is 0 Å². The Hall–Kier alpha value is 0.0900. The van der Waals surface area contributed by atoms with E-state index in [2.05, 4.69) is 34.3 Å². The van der Waals surface area contributed by atoms with Gasteiger partial charge in [0, 0.05) is 10.5 Å². The molecule has 0 fully saturated rings. The summed E-state index contributed by atoms with van der Waals surface area (Å²) in [4.78, 5) is 0. The van der Waals surface area contributed by atoms with Gasteiger partial charge < -0.3 is 0 Å². The molecule has 0 heterocycles.